The predicted molar refractivity (Wildman–Crippen MR) is 96.3 cm³/mol. The zero-order valence-corrected chi connectivity index (χ0v) is 15.6. The lowest BCUT2D eigenvalue weighted by molar-refractivity contribution is -0.120. The molecule has 3 rings (SSSR count). The van der Waals surface area contributed by atoms with E-state index in [1.54, 1.807) is 43.0 Å². The molecule has 1 aromatic heterocycles. The van der Waals surface area contributed by atoms with E-state index in [1.165, 1.54) is 16.8 Å². The maximum absolute atomic E-state index is 12.6. The lowest BCUT2D eigenvalue weighted by atomic mass is 9.97. The number of sulfonamides is 1. The van der Waals surface area contributed by atoms with Crippen LogP contribution < -0.4 is 10.1 Å². The van der Waals surface area contributed by atoms with Crippen LogP contribution in [0.15, 0.2) is 41.8 Å². The van der Waals surface area contributed by atoms with Gasteiger partial charge >= 0.3 is 0 Å². The van der Waals surface area contributed by atoms with Crippen LogP contribution in [-0.2, 0) is 21.9 Å². The average Bonchev–Trinajstić information content (AvgIpc) is 3.10. The van der Waals surface area contributed by atoms with Crippen LogP contribution in [0, 0.1) is 5.92 Å². The molecule has 0 bridgehead atoms. The topological polar surface area (TPSA) is 93.5 Å². The molecular formula is C17H22N4O4S. The molecule has 1 N–H and O–H groups in total. The molecule has 0 saturated carbocycles. The molecule has 2 heterocycles. The second-order valence-electron chi connectivity index (χ2n) is 6.27. The minimum atomic E-state index is -3.60. The van der Waals surface area contributed by atoms with Gasteiger partial charge in [-0.1, -0.05) is 0 Å². The van der Waals surface area contributed by atoms with E-state index in [4.69, 9.17) is 4.74 Å². The van der Waals surface area contributed by atoms with Crippen molar-refractivity contribution in [1.82, 2.24) is 13.9 Å². The Hall–Kier alpha value is -2.39. The number of carbonyl (C=O) groups excluding carboxylic acids is 1. The normalized spacial score (nSPS) is 16.4. The van der Waals surface area contributed by atoms with E-state index in [-0.39, 0.29) is 16.9 Å². The van der Waals surface area contributed by atoms with Crippen molar-refractivity contribution in [3.8, 4) is 5.75 Å². The van der Waals surface area contributed by atoms with Crippen molar-refractivity contribution in [2.45, 2.75) is 17.9 Å². The number of hydrogen-bond acceptors (Lipinski definition) is 5. The first-order valence-corrected chi connectivity index (χ1v) is 9.77. The fraction of sp³-hybridized carbons (Fsp3) is 0.412. The van der Waals surface area contributed by atoms with Gasteiger partial charge in [0, 0.05) is 37.9 Å². The Morgan fingerprint density at radius 3 is 2.42 bits per heavy atom. The molecule has 0 radical (unpaired) electrons. The van der Waals surface area contributed by atoms with Crippen molar-refractivity contribution in [2.24, 2.45) is 13.0 Å². The molecule has 1 saturated heterocycles. The summed E-state index contributed by atoms with van der Waals surface area (Å²) >= 11 is 0. The van der Waals surface area contributed by atoms with Gasteiger partial charge in [-0.2, -0.15) is 4.31 Å². The Morgan fingerprint density at radius 1 is 1.23 bits per heavy atom. The van der Waals surface area contributed by atoms with Crippen LogP contribution in [0.5, 0.6) is 5.75 Å². The molecule has 9 heteroatoms. The number of rotatable bonds is 5. The molecule has 0 spiro atoms. The maximum atomic E-state index is 12.6. The number of amides is 1. The van der Waals surface area contributed by atoms with Crippen molar-refractivity contribution >= 4 is 21.6 Å². The van der Waals surface area contributed by atoms with Crippen molar-refractivity contribution in [3.05, 3.63) is 36.8 Å². The van der Waals surface area contributed by atoms with Gasteiger partial charge in [-0.25, -0.2) is 13.4 Å². The monoisotopic (exact) mass is 378 g/mol. The summed E-state index contributed by atoms with van der Waals surface area (Å²) in [5, 5.41) is 2.92. The summed E-state index contributed by atoms with van der Waals surface area (Å²) in [7, 11) is -0.293. The number of methoxy groups -OCH3 is 1. The minimum absolute atomic E-state index is 0.0427. The zero-order chi connectivity index (χ0) is 18.7. The highest BCUT2D eigenvalue weighted by molar-refractivity contribution is 7.89. The van der Waals surface area contributed by atoms with Crippen molar-refractivity contribution in [3.63, 3.8) is 0 Å². The number of anilines is 1. The van der Waals surface area contributed by atoms with Gasteiger partial charge in [-0.15, -0.1) is 0 Å². The first kappa shape index (κ1) is 18.4. The van der Waals surface area contributed by atoms with Crippen LogP contribution in [0.4, 0.5) is 5.69 Å². The van der Waals surface area contributed by atoms with Crippen LogP contribution in [0.2, 0.25) is 0 Å². The quantitative estimate of drug-likeness (QED) is 0.850. The number of carbonyl (C=O) groups is 1. The molecule has 140 valence electrons. The number of nitrogens with zero attached hydrogens (tertiary/aromatic N) is 3. The third-order valence-corrected chi connectivity index (χ3v) is 6.25. The number of hydrogen-bond donors (Lipinski definition) is 1. The summed E-state index contributed by atoms with van der Waals surface area (Å²) in [5.41, 5.74) is 0.694. The number of aryl methyl sites for hydroxylation is 1. The van der Waals surface area contributed by atoms with Crippen LogP contribution in [-0.4, -0.2) is 48.4 Å². The van der Waals surface area contributed by atoms with E-state index < -0.39 is 10.0 Å². The van der Waals surface area contributed by atoms with E-state index in [0.717, 1.165) is 5.75 Å². The van der Waals surface area contributed by atoms with Crippen molar-refractivity contribution in [2.75, 3.05) is 25.5 Å². The number of aromatic nitrogens is 2. The highest BCUT2D eigenvalue weighted by Crippen LogP contribution is 2.24. The smallest absolute Gasteiger partial charge is 0.262 e. The number of nitrogens with one attached hydrogen (secondary N) is 1. The standard InChI is InChI=1S/C17H22N4O4S/c1-20-11-16(18-12-20)26(23,24)21-9-7-13(8-10-21)17(22)19-14-3-5-15(25-2)6-4-14/h3-6,11-13H,7-10H2,1-2H3,(H,19,22). The van der Waals surface area contributed by atoms with Gasteiger partial charge in [0.05, 0.1) is 13.4 Å². The fourth-order valence-corrected chi connectivity index (χ4v) is 4.37. The van der Waals surface area contributed by atoms with Crippen molar-refractivity contribution < 1.29 is 17.9 Å². The molecular weight excluding hydrogens is 356 g/mol. The van der Waals surface area contributed by atoms with E-state index in [1.807, 2.05) is 0 Å². The second-order valence-corrected chi connectivity index (χ2v) is 8.16. The van der Waals surface area contributed by atoms with Gasteiger partial charge in [-0.3, -0.25) is 4.79 Å². The summed E-state index contributed by atoms with van der Waals surface area (Å²) in [4.78, 5) is 16.4. The molecule has 0 unspecified atom stereocenters. The van der Waals surface area contributed by atoms with E-state index in [2.05, 4.69) is 10.3 Å². The van der Waals surface area contributed by atoms with Gasteiger partial charge in [0.2, 0.25) is 5.91 Å². The van der Waals surface area contributed by atoms with Crippen LogP contribution in [0.1, 0.15) is 12.8 Å². The summed E-state index contributed by atoms with van der Waals surface area (Å²) in [5.74, 6) is 0.411. The molecule has 1 aromatic carbocycles. The Morgan fingerprint density at radius 2 is 1.88 bits per heavy atom. The highest BCUT2D eigenvalue weighted by atomic mass is 32.2. The third kappa shape index (κ3) is 3.88. The number of benzene rings is 1. The van der Waals surface area contributed by atoms with Crippen LogP contribution in [0.25, 0.3) is 0 Å². The van der Waals surface area contributed by atoms with E-state index in [0.29, 0.717) is 31.6 Å². The highest BCUT2D eigenvalue weighted by Gasteiger charge is 2.33. The Bertz CT molecular complexity index is 868. The maximum Gasteiger partial charge on any atom is 0.262 e. The SMILES string of the molecule is COc1ccc(NC(=O)C2CCN(S(=O)(=O)c3cn(C)cn3)CC2)cc1. The Kier molecular flexibility index (Phi) is 5.28. The molecule has 8 nitrogen and oxygen atoms in total. The number of imidazole rings is 1. The average molecular weight is 378 g/mol. The summed E-state index contributed by atoms with van der Waals surface area (Å²) in [6.07, 6.45) is 3.90. The Balaban J connectivity index is 1.58. The first-order valence-electron chi connectivity index (χ1n) is 8.33. The van der Waals surface area contributed by atoms with Crippen LogP contribution >= 0.6 is 0 Å². The number of piperidine rings is 1. The molecule has 1 aliphatic rings. The molecule has 1 amide bonds. The van der Waals surface area contributed by atoms with Gasteiger partial charge < -0.3 is 14.6 Å². The van der Waals surface area contributed by atoms with Gasteiger partial charge in [0.15, 0.2) is 5.03 Å². The van der Waals surface area contributed by atoms with E-state index >= 15 is 0 Å². The molecule has 1 aliphatic heterocycles. The van der Waals surface area contributed by atoms with Gasteiger partial charge in [0.25, 0.3) is 10.0 Å². The third-order valence-electron chi connectivity index (χ3n) is 4.47. The summed E-state index contributed by atoms with van der Waals surface area (Å²) < 4.78 is 33.2. The molecule has 1 fully saturated rings. The molecule has 0 aliphatic carbocycles. The Labute approximate surface area is 152 Å². The van der Waals surface area contributed by atoms with Crippen LogP contribution in [0.3, 0.4) is 0 Å². The largest absolute Gasteiger partial charge is 0.497 e. The number of ether oxygens (including phenoxy) is 1. The molecule has 26 heavy (non-hydrogen) atoms. The summed E-state index contributed by atoms with van der Waals surface area (Å²) in [6, 6.07) is 7.10. The predicted octanol–water partition coefficient (Wildman–Crippen LogP) is 1.47. The fourth-order valence-electron chi connectivity index (χ4n) is 2.93. The minimum Gasteiger partial charge on any atom is -0.497 e. The van der Waals surface area contributed by atoms with Gasteiger partial charge in [-0.05, 0) is 37.1 Å². The first-order chi connectivity index (χ1) is 12.4. The summed E-state index contributed by atoms with van der Waals surface area (Å²) in [6.45, 7) is 0.610. The lowest BCUT2D eigenvalue weighted by Gasteiger charge is -2.29. The van der Waals surface area contributed by atoms with Crippen molar-refractivity contribution in [1.29, 1.82) is 0 Å². The zero-order valence-electron chi connectivity index (χ0n) is 14.8. The van der Waals surface area contributed by atoms with Gasteiger partial charge in [0.1, 0.15) is 5.75 Å². The van der Waals surface area contributed by atoms with E-state index in [9.17, 15) is 13.2 Å². The molecule has 0 atom stereocenters. The lowest BCUT2D eigenvalue weighted by Crippen LogP contribution is -2.41. The molecule has 2 aromatic rings. The second kappa shape index (κ2) is 7.46.